The molecule has 34 heavy (non-hydrogen) atoms. The van der Waals surface area contributed by atoms with Crippen LogP contribution in [0.4, 0.5) is 5.69 Å². The van der Waals surface area contributed by atoms with E-state index in [-0.39, 0.29) is 5.56 Å². The minimum absolute atomic E-state index is 0.0224. The van der Waals surface area contributed by atoms with Crippen molar-refractivity contribution < 1.29 is 4.74 Å². The predicted molar refractivity (Wildman–Crippen MR) is 137 cm³/mol. The minimum Gasteiger partial charge on any atom is -0.378 e. The highest BCUT2D eigenvalue weighted by molar-refractivity contribution is 7.71. The molecule has 0 spiro atoms. The van der Waals surface area contributed by atoms with Crippen LogP contribution >= 0.6 is 12.2 Å². The molecule has 0 radical (unpaired) electrons. The van der Waals surface area contributed by atoms with Gasteiger partial charge in [0.15, 0.2) is 0 Å². The zero-order chi connectivity index (χ0) is 23.7. The van der Waals surface area contributed by atoms with E-state index in [0.717, 1.165) is 44.8 Å². The Balaban J connectivity index is 1.41. The van der Waals surface area contributed by atoms with Crippen LogP contribution in [-0.4, -0.2) is 57.0 Å². The Morgan fingerprint density at radius 1 is 1.09 bits per heavy atom. The third-order valence-corrected chi connectivity index (χ3v) is 6.67. The fourth-order valence-corrected chi connectivity index (χ4v) is 4.89. The number of rotatable bonds is 7. The Labute approximate surface area is 203 Å². The zero-order valence-electron chi connectivity index (χ0n) is 19.7. The summed E-state index contributed by atoms with van der Waals surface area (Å²) in [7, 11) is 2.05. The van der Waals surface area contributed by atoms with Crippen LogP contribution in [0.1, 0.15) is 18.9 Å². The Kier molecular flexibility index (Phi) is 6.49. The summed E-state index contributed by atoms with van der Waals surface area (Å²) in [4.78, 5) is 17.6. The Hall–Kier alpha value is -3.01. The molecule has 1 aliphatic heterocycles. The van der Waals surface area contributed by atoms with Gasteiger partial charge in [0.25, 0.3) is 5.56 Å². The molecule has 2 aromatic heterocycles. The number of ether oxygens (including phenoxy) is 1. The average molecular weight is 479 g/mol. The Bertz CT molecular complexity index is 1420. The predicted octanol–water partition coefficient (Wildman–Crippen LogP) is 3.52. The molecule has 1 saturated heterocycles. The fourth-order valence-electron chi connectivity index (χ4n) is 4.61. The summed E-state index contributed by atoms with van der Waals surface area (Å²) in [6.45, 7) is 7.39. The molecule has 3 heterocycles. The number of benzene rings is 2. The maximum Gasteiger partial charge on any atom is 0.262 e. The molecule has 0 unspecified atom stereocenters. The van der Waals surface area contributed by atoms with Crippen LogP contribution in [0, 0.1) is 4.77 Å². The van der Waals surface area contributed by atoms with Crippen LogP contribution < -0.4 is 10.5 Å². The van der Waals surface area contributed by atoms with Crippen molar-refractivity contribution in [2.75, 3.05) is 38.3 Å². The van der Waals surface area contributed by atoms with E-state index in [9.17, 15) is 4.79 Å². The summed E-state index contributed by atoms with van der Waals surface area (Å²) in [5, 5.41) is 5.44. The molecule has 9 heteroatoms. The van der Waals surface area contributed by atoms with E-state index in [1.165, 1.54) is 11.3 Å². The van der Waals surface area contributed by atoms with Crippen molar-refractivity contribution in [1.29, 1.82) is 0 Å². The lowest BCUT2D eigenvalue weighted by Crippen LogP contribution is -2.36. The number of anilines is 1. The molecule has 4 aromatic rings. The van der Waals surface area contributed by atoms with Crippen LogP contribution in [0.25, 0.3) is 16.7 Å². The average Bonchev–Trinajstić information content (AvgIpc) is 3.18. The lowest BCUT2D eigenvalue weighted by atomic mass is 10.2. The van der Waals surface area contributed by atoms with Crippen LogP contribution in [0.15, 0.2) is 53.3 Å². The number of morpholine rings is 1. The molecule has 1 fully saturated rings. The number of aryl methyl sites for hydroxylation is 1. The highest BCUT2D eigenvalue weighted by atomic mass is 32.1. The molecular weight excluding hydrogens is 448 g/mol. The van der Waals surface area contributed by atoms with Crippen molar-refractivity contribution in [3.8, 4) is 0 Å². The molecule has 2 aromatic carbocycles. The first kappa shape index (κ1) is 22.8. The van der Waals surface area contributed by atoms with E-state index in [4.69, 9.17) is 22.1 Å². The van der Waals surface area contributed by atoms with Crippen LogP contribution in [0.3, 0.4) is 0 Å². The van der Waals surface area contributed by atoms with Crippen molar-refractivity contribution >= 4 is 34.6 Å². The van der Waals surface area contributed by atoms with Gasteiger partial charge in [-0.25, -0.2) is 4.68 Å². The lowest BCUT2D eigenvalue weighted by molar-refractivity contribution is 0.122. The summed E-state index contributed by atoms with van der Waals surface area (Å²) >= 11 is 5.82. The van der Waals surface area contributed by atoms with E-state index in [1.54, 1.807) is 4.57 Å². The molecule has 1 aliphatic rings. The van der Waals surface area contributed by atoms with Gasteiger partial charge in [0, 0.05) is 31.9 Å². The maximum absolute atomic E-state index is 13.1. The topological polar surface area (TPSA) is 59.9 Å². The van der Waals surface area contributed by atoms with Gasteiger partial charge in [0.1, 0.15) is 0 Å². The van der Waals surface area contributed by atoms with E-state index in [0.29, 0.717) is 29.1 Å². The largest absolute Gasteiger partial charge is 0.378 e. The summed E-state index contributed by atoms with van der Waals surface area (Å²) in [6.07, 6.45) is 0.841. The number of hydrogen-bond donors (Lipinski definition) is 0. The number of aromatic nitrogens is 4. The van der Waals surface area contributed by atoms with Crippen LogP contribution in [0.2, 0.25) is 0 Å². The number of hydrogen-bond acceptors (Lipinski definition) is 6. The molecule has 0 N–H and O–H groups in total. The second kappa shape index (κ2) is 9.69. The monoisotopic (exact) mass is 478 g/mol. The molecule has 8 nitrogen and oxygen atoms in total. The molecule has 0 amide bonds. The molecule has 0 saturated carbocycles. The van der Waals surface area contributed by atoms with E-state index in [2.05, 4.69) is 48.0 Å². The van der Waals surface area contributed by atoms with Gasteiger partial charge in [-0.15, -0.1) is 5.10 Å². The van der Waals surface area contributed by atoms with Gasteiger partial charge < -0.3 is 9.64 Å². The highest BCUT2D eigenvalue weighted by Crippen LogP contribution is 2.18. The molecular formula is C25H30N6O2S. The van der Waals surface area contributed by atoms with E-state index in [1.807, 2.05) is 33.3 Å². The van der Waals surface area contributed by atoms with Crippen LogP contribution in [-0.2, 0) is 24.5 Å². The first-order chi connectivity index (χ1) is 16.6. The molecule has 5 rings (SSSR count). The third-order valence-electron chi connectivity index (χ3n) is 6.27. The zero-order valence-corrected chi connectivity index (χ0v) is 20.5. The SMILES string of the molecule is CCCn1c(=O)c2ccccc2n2c(=S)n(CN(C)Cc3ccc(N4CCOCC4)cc3)nc12. The number of para-hydroxylation sites is 1. The van der Waals surface area contributed by atoms with Crippen LogP contribution in [0.5, 0.6) is 0 Å². The molecule has 0 bridgehead atoms. The van der Waals surface area contributed by atoms with Gasteiger partial charge in [0.2, 0.25) is 10.5 Å². The second-order valence-corrected chi connectivity index (χ2v) is 9.18. The maximum atomic E-state index is 13.1. The third kappa shape index (κ3) is 4.26. The van der Waals surface area contributed by atoms with E-state index < -0.39 is 0 Å². The van der Waals surface area contributed by atoms with Gasteiger partial charge in [-0.1, -0.05) is 31.2 Å². The minimum atomic E-state index is -0.0224. The van der Waals surface area contributed by atoms with Crippen molar-refractivity contribution in [2.45, 2.75) is 33.1 Å². The standard InChI is InChI=1S/C25H30N6O2S/c1-3-12-29-23(32)21-6-4-5-7-22(21)31-24(29)26-30(25(31)34)18-27(2)17-19-8-10-20(11-9-19)28-13-15-33-16-14-28/h4-11H,3,12-18H2,1-2H3. The first-order valence-corrected chi connectivity index (χ1v) is 12.2. The van der Waals surface area contributed by atoms with Crippen molar-refractivity contribution in [3.63, 3.8) is 0 Å². The summed E-state index contributed by atoms with van der Waals surface area (Å²) < 4.78 is 11.5. The quantitative estimate of drug-likeness (QED) is 0.379. The Morgan fingerprint density at radius 3 is 2.56 bits per heavy atom. The highest BCUT2D eigenvalue weighted by Gasteiger charge is 2.16. The van der Waals surface area contributed by atoms with Crippen molar-refractivity contribution in [1.82, 2.24) is 23.6 Å². The summed E-state index contributed by atoms with van der Waals surface area (Å²) in [6, 6.07) is 16.3. The van der Waals surface area contributed by atoms with Crippen molar-refractivity contribution in [3.05, 3.63) is 69.2 Å². The van der Waals surface area contributed by atoms with Gasteiger partial charge >= 0.3 is 0 Å². The molecule has 0 atom stereocenters. The number of nitrogens with zero attached hydrogens (tertiary/aromatic N) is 6. The normalized spacial score (nSPS) is 14.5. The van der Waals surface area contributed by atoms with Gasteiger partial charge in [0.05, 0.1) is 30.8 Å². The first-order valence-electron chi connectivity index (χ1n) is 11.8. The summed E-state index contributed by atoms with van der Waals surface area (Å²) in [5.41, 5.74) is 3.24. The van der Waals surface area contributed by atoms with Crippen molar-refractivity contribution in [2.24, 2.45) is 0 Å². The van der Waals surface area contributed by atoms with Gasteiger partial charge in [-0.3, -0.25) is 18.7 Å². The van der Waals surface area contributed by atoms with E-state index >= 15 is 0 Å². The lowest BCUT2D eigenvalue weighted by Gasteiger charge is -2.29. The Morgan fingerprint density at radius 2 is 1.82 bits per heavy atom. The fraction of sp³-hybridized carbons (Fsp3) is 0.400. The smallest absolute Gasteiger partial charge is 0.262 e. The number of fused-ring (bicyclic) bond motifs is 3. The van der Waals surface area contributed by atoms with Gasteiger partial charge in [-0.2, -0.15) is 0 Å². The molecule has 178 valence electrons. The van der Waals surface area contributed by atoms with Gasteiger partial charge in [-0.05, 0) is 55.5 Å². The second-order valence-electron chi connectivity index (χ2n) is 8.81. The summed E-state index contributed by atoms with van der Waals surface area (Å²) in [5.74, 6) is 0.596. The molecule has 0 aliphatic carbocycles.